The van der Waals surface area contributed by atoms with Crippen LogP contribution in [-0.4, -0.2) is 68.6 Å². The van der Waals surface area contributed by atoms with Crippen LogP contribution in [-0.2, 0) is 23.9 Å². The Kier molecular flexibility index (Phi) is 8.52. The van der Waals surface area contributed by atoms with E-state index in [2.05, 4.69) is 14.8 Å². The van der Waals surface area contributed by atoms with E-state index in [1.54, 1.807) is 20.1 Å². The van der Waals surface area contributed by atoms with Gasteiger partial charge in [-0.05, 0) is 25.7 Å². The maximum absolute atomic E-state index is 12.3. The zero-order chi connectivity index (χ0) is 20.9. The average Bonchev–Trinajstić information content (AvgIpc) is 2.55. The molecule has 0 aromatic rings. The van der Waals surface area contributed by atoms with E-state index in [9.17, 15) is 24.3 Å². The van der Waals surface area contributed by atoms with Crippen molar-refractivity contribution in [3.63, 3.8) is 0 Å². The molecule has 1 fully saturated rings. The largest absolute Gasteiger partial charge is 0.508 e. The molecule has 0 aromatic heterocycles. The molecule has 0 radical (unpaired) electrons. The molecule has 0 aromatic carbocycles. The van der Waals surface area contributed by atoms with E-state index in [0.29, 0.717) is 5.57 Å². The van der Waals surface area contributed by atoms with Crippen molar-refractivity contribution in [2.24, 2.45) is 0 Å². The number of allylic oxidation sites excluding steroid dienone is 1. The smallest absolute Gasteiger partial charge is 0.477 e. The summed E-state index contributed by atoms with van der Waals surface area (Å²) in [6.45, 7) is 1.84. The van der Waals surface area contributed by atoms with Gasteiger partial charge < -0.3 is 19.9 Å². The Morgan fingerprint density at radius 1 is 1.26 bits per heavy atom. The van der Waals surface area contributed by atoms with Gasteiger partial charge in [-0.2, -0.15) is 0 Å². The number of amides is 2. The molecular weight excluding hydrogens is 447 g/mol. The molecule has 2 atom stereocenters. The summed E-state index contributed by atoms with van der Waals surface area (Å²) in [5.74, 6) is -2.60. The van der Waals surface area contributed by atoms with Crippen molar-refractivity contribution in [2.45, 2.75) is 29.1 Å². The van der Waals surface area contributed by atoms with Crippen LogP contribution in [0.5, 0.6) is 0 Å². The third kappa shape index (κ3) is 6.63. The summed E-state index contributed by atoms with van der Waals surface area (Å²) in [6.07, 6.45) is 0.440. The van der Waals surface area contributed by atoms with Crippen molar-refractivity contribution in [3.8, 4) is 0 Å². The lowest BCUT2D eigenvalue weighted by Gasteiger charge is -2.46. The lowest BCUT2D eigenvalue weighted by atomic mass is 10.0. The molecule has 152 valence electrons. The summed E-state index contributed by atoms with van der Waals surface area (Å²) in [6, 6.07) is -0.956. The Balaban J connectivity index is 2.61. The van der Waals surface area contributed by atoms with E-state index in [1.807, 2.05) is 0 Å². The van der Waals surface area contributed by atoms with Gasteiger partial charge in [-0.1, -0.05) is 34.8 Å². The van der Waals surface area contributed by atoms with Crippen LogP contribution in [0.4, 0.5) is 4.79 Å². The number of hydrogen-bond donors (Lipinski definition) is 2. The predicted molar refractivity (Wildman–Crippen MR) is 99.7 cm³/mol. The number of ether oxygens (including phenoxy) is 2. The summed E-state index contributed by atoms with van der Waals surface area (Å²) < 4.78 is 7.20. The topological polar surface area (TPSA) is 122 Å². The van der Waals surface area contributed by atoms with Gasteiger partial charge in [0.25, 0.3) is 11.8 Å². The molecule has 0 saturated carbocycles. The van der Waals surface area contributed by atoms with Crippen LogP contribution in [0, 0.1) is 0 Å². The minimum atomic E-state index is -1.82. The average molecular weight is 464 g/mol. The number of hydrogen-bond acceptors (Lipinski definition) is 7. The molecule has 0 spiro atoms. The fraction of sp³-hybridized carbons (Fsp3) is 0.571. The summed E-state index contributed by atoms with van der Waals surface area (Å²) in [4.78, 5) is 47.9. The van der Waals surface area contributed by atoms with Gasteiger partial charge in [-0.3, -0.25) is 14.5 Å². The Labute approximate surface area is 174 Å². The molecule has 0 bridgehead atoms. The summed E-state index contributed by atoms with van der Waals surface area (Å²) in [5.41, 5.74) is 0.302. The number of likely N-dealkylation sites (tertiary alicyclic amines) is 1. The number of aliphatic carboxylic acids is 1. The SMILES string of the molecule is CS[C@@H]1[C@H](NC(=O)COC(=O)OCC(Cl)(Cl)Cl)C(=O)N1C(C(=O)O)=C(C)C. The molecule has 9 nitrogen and oxygen atoms in total. The number of halogens is 3. The van der Waals surface area contributed by atoms with Gasteiger partial charge in [0.2, 0.25) is 3.79 Å². The number of alkyl halides is 3. The number of carbonyl (C=O) groups is 4. The number of β-lactam (4-membered cyclic amide) rings is 1. The summed E-state index contributed by atoms with van der Waals surface area (Å²) >= 11 is 17.4. The second-order valence-corrected chi connectivity index (χ2v) is 8.95. The minimum Gasteiger partial charge on any atom is -0.477 e. The first-order chi connectivity index (χ1) is 12.4. The number of nitrogens with zero attached hydrogens (tertiary/aromatic N) is 1. The highest BCUT2D eigenvalue weighted by atomic mass is 35.6. The molecule has 1 rings (SSSR count). The molecule has 2 N–H and O–H groups in total. The van der Waals surface area contributed by atoms with Crippen LogP contribution in [0.3, 0.4) is 0 Å². The quantitative estimate of drug-likeness (QED) is 0.254. The van der Waals surface area contributed by atoms with Gasteiger partial charge in [0.15, 0.2) is 6.61 Å². The van der Waals surface area contributed by atoms with Crippen molar-refractivity contribution in [3.05, 3.63) is 11.3 Å². The second-order valence-electron chi connectivity index (χ2n) is 5.48. The number of carbonyl (C=O) groups excluding carboxylic acids is 3. The normalized spacial score (nSPS) is 19.0. The van der Waals surface area contributed by atoms with Crippen LogP contribution in [0.2, 0.25) is 0 Å². The molecule has 2 amide bonds. The van der Waals surface area contributed by atoms with Crippen LogP contribution in [0.25, 0.3) is 0 Å². The first kappa shape index (κ1) is 23.7. The van der Waals surface area contributed by atoms with E-state index in [1.165, 1.54) is 11.8 Å². The molecule has 1 heterocycles. The number of carboxylic acid groups (broad SMARTS) is 1. The third-order valence-electron chi connectivity index (χ3n) is 3.19. The van der Waals surface area contributed by atoms with E-state index in [4.69, 9.17) is 34.8 Å². The van der Waals surface area contributed by atoms with Crippen LogP contribution in [0.15, 0.2) is 11.3 Å². The van der Waals surface area contributed by atoms with E-state index in [-0.39, 0.29) is 5.70 Å². The lowest BCUT2D eigenvalue weighted by Crippen LogP contribution is -2.69. The van der Waals surface area contributed by atoms with Gasteiger partial charge in [0, 0.05) is 0 Å². The Hall–Kier alpha value is -1.36. The Bertz CT molecular complexity index is 662. The maximum atomic E-state index is 12.3. The minimum absolute atomic E-state index is 0.142. The van der Waals surface area contributed by atoms with E-state index in [0.717, 1.165) is 4.90 Å². The monoisotopic (exact) mass is 462 g/mol. The van der Waals surface area contributed by atoms with Gasteiger partial charge in [0.1, 0.15) is 23.7 Å². The summed E-state index contributed by atoms with van der Waals surface area (Å²) in [7, 11) is 0. The van der Waals surface area contributed by atoms with Crippen LogP contribution in [0.1, 0.15) is 13.8 Å². The van der Waals surface area contributed by atoms with Crippen LogP contribution < -0.4 is 5.32 Å². The zero-order valence-corrected chi connectivity index (χ0v) is 17.5. The van der Waals surface area contributed by atoms with Crippen molar-refractivity contribution in [1.82, 2.24) is 10.2 Å². The molecule has 27 heavy (non-hydrogen) atoms. The molecule has 1 aliphatic rings. The van der Waals surface area contributed by atoms with Crippen LogP contribution >= 0.6 is 46.6 Å². The highest BCUT2D eigenvalue weighted by molar-refractivity contribution is 7.99. The molecule has 1 aliphatic heterocycles. The van der Waals surface area contributed by atoms with Gasteiger partial charge >= 0.3 is 12.1 Å². The summed E-state index contributed by atoms with van der Waals surface area (Å²) in [5, 5.41) is 11.1. The molecular formula is C14H17Cl3N2O7S. The van der Waals surface area contributed by atoms with Crippen molar-refractivity contribution in [2.75, 3.05) is 19.5 Å². The van der Waals surface area contributed by atoms with Crippen molar-refractivity contribution >= 4 is 70.5 Å². The highest BCUT2D eigenvalue weighted by Gasteiger charge is 2.51. The molecule has 13 heteroatoms. The predicted octanol–water partition coefficient (Wildman–Crippen LogP) is 1.90. The van der Waals surface area contributed by atoms with Gasteiger partial charge in [0.05, 0.1) is 0 Å². The second kappa shape index (κ2) is 9.72. The highest BCUT2D eigenvalue weighted by Crippen LogP contribution is 2.33. The fourth-order valence-corrected chi connectivity index (χ4v) is 3.20. The zero-order valence-electron chi connectivity index (χ0n) is 14.5. The fourth-order valence-electron chi connectivity index (χ4n) is 2.16. The number of thioether (sulfide) groups is 1. The maximum Gasteiger partial charge on any atom is 0.508 e. The standard InChI is InChI=1S/C14H17Cl3N2O7S/c1-6(2)9(12(22)23)19-10(21)8(11(19)27-3)18-7(20)4-25-13(24)26-5-14(15,16)17/h8,11H,4-5H2,1-3H3,(H,18,20)(H,22,23)/t8-,11-/m1/s1. The number of nitrogens with one attached hydrogen (secondary N) is 1. The third-order valence-corrected chi connectivity index (χ3v) is 4.49. The van der Waals surface area contributed by atoms with Crippen molar-refractivity contribution < 1.29 is 33.8 Å². The first-order valence-electron chi connectivity index (χ1n) is 7.31. The molecule has 1 saturated heterocycles. The molecule has 0 aliphatic carbocycles. The first-order valence-corrected chi connectivity index (χ1v) is 9.73. The van der Waals surface area contributed by atoms with Crippen molar-refractivity contribution in [1.29, 1.82) is 0 Å². The number of rotatable bonds is 7. The van der Waals surface area contributed by atoms with Gasteiger partial charge in [-0.25, -0.2) is 9.59 Å². The Morgan fingerprint density at radius 2 is 1.85 bits per heavy atom. The number of carboxylic acids is 1. The Morgan fingerprint density at radius 3 is 2.30 bits per heavy atom. The van der Waals surface area contributed by atoms with E-state index < -0.39 is 52.4 Å². The lowest BCUT2D eigenvalue weighted by molar-refractivity contribution is -0.150. The van der Waals surface area contributed by atoms with E-state index >= 15 is 0 Å². The molecule has 0 unspecified atom stereocenters. The van der Waals surface area contributed by atoms with Gasteiger partial charge in [-0.15, -0.1) is 11.8 Å².